The van der Waals surface area contributed by atoms with Gasteiger partial charge in [0.1, 0.15) is 0 Å². The van der Waals surface area contributed by atoms with E-state index in [1.54, 1.807) is 0 Å². The van der Waals surface area contributed by atoms with Crippen molar-refractivity contribution in [3.8, 4) is 0 Å². The van der Waals surface area contributed by atoms with Gasteiger partial charge in [0.05, 0.1) is 0 Å². The summed E-state index contributed by atoms with van der Waals surface area (Å²) >= 11 is 0. The van der Waals surface area contributed by atoms with Gasteiger partial charge in [-0.2, -0.15) is 6.08 Å². The number of hydrogen-bond acceptors (Lipinski definition) is 0. The molecule has 0 nitrogen and oxygen atoms in total. The van der Waals surface area contributed by atoms with Crippen LogP contribution in [0.3, 0.4) is 0 Å². The fourth-order valence-electron chi connectivity index (χ4n) is 0.340. The summed E-state index contributed by atoms with van der Waals surface area (Å²) in [6.07, 6.45) is 10.0. The fourth-order valence-corrected chi connectivity index (χ4v) is 0.340. The minimum atomic E-state index is 0. The molecule has 0 spiro atoms. The van der Waals surface area contributed by atoms with E-state index in [1.807, 2.05) is 12.2 Å². The molecule has 10 heavy (non-hydrogen) atoms. The Hall–Kier alpha value is 2.54. The van der Waals surface area contributed by atoms with E-state index >= 15 is 0 Å². The van der Waals surface area contributed by atoms with Crippen LogP contribution in [-0.4, -0.2) is 0 Å². The first kappa shape index (κ1) is 29.4. The average molecular weight is 642 g/mol. The van der Waals surface area contributed by atoms with Gasteiger partial charge < -0.3 is 7.43 Å². The average Bonchev–Trinajstić information content (AvgIpc) is 1.76. The summed E-state index contributed by atoms with van der Waals surface area (Å²) in [7, 11) is 0. The van der Waals surface area contributed by atoms with Gasteiger partial charge in [0.25, 0.3) is 0 Å². The first-order valence-corrected chi connectivity index (χ1v) is 1.72. The van der Waals surface area contributed by atoms with Crippen molar-refractivity contribution in [2.75, 3.05) is 0 Å². The van der Waals surface area contributed by atoms with Gasteiger partial charge in [-0.05, 0) is 0 Å². The molecule has 0 saturated heterocycles. The topological polar surface area (TPSA) is 0 Å². The second-order valence-electron chi connectivity index (χ2n) is 1.00. The van der Waals surface area contributed by atoms with Gasteiger partial charge >= 0.3 is 0 Å². The van der Waals surface area contributed by atoms with E-state index in [-0.39, 0.29) is 105 Å². The zero-order valence-electron chi connectivity index (χ0n) is 5.66. The van der Waals surface area contributed by atoms with Gasteiger partial charge in [-0.1, -0.05) is 0 Å². The van der Waals surface area contributed by atoms with Crippen LogP contribution in [0.15, 0.2) is 18.2 Å². The van der Waals surface area contributed by atoms with E-state index in [2.05, 4.69) is 12.2 Å². The minimum Gasteiger partial charge on any atom is -0.358 e. The molecule has 0 heterocycles. The van der Waals surface area contributed by atoms with Crippen molar-refractivity contribution >= 4 is 71.9 Å². The molecule has 0 aromatic heterocycles. The molecule has 4 heteroatoms. The molecule has 0 radical (unpaired) electrons. The maximum Gasteiger partial charge on any atom is 0 e. The predicted molar refractivity (Wildman–Crippen MR) is 74.2 cm³/mol. The summed E-state index contributed by atoms with van der Waals surface area (Å²) in [5, 5.41) is 0. The molecule has 0 aromatic carbocycles. The second-order valence-corrected chi connectivity index (χ2v) is 1.00. The van der Waals surface area contributed by atoms with Crippen molar-refractivity contribution < 1.29 is 25.8 Å². The third-order valence-electron chi connectivity index (χ3n) is 0.586. The van der Waals surface area contributed by atoms with Crippen molar-refractivity contribution in [2.45, 2.75) is 6.42 Å². The molecule has 0 saturated carbocycles. The van der Waals surface area contributed by atoms with Crippen LogP contribution in [0.4, 0.5) is 0 Å². The van der Waals surface area contributed by atoms with E-state index in [0.29, 0.717) is 0 Å². The smallest absolute Gasteiger partial charge is 0 e. The number of halogens is 3. The zero-order valence-corrected chi connectivity index (χ0v) is 16.2. The van der Waals surface area contributed by atoms with Gasteiger partial charge in [-0.3, -0.25) is 6.08 Å². The first-order valence-electron chi connectivity index (χ1n) is 1.72. The molecule has 0 unspecified atom stereocenters. The maximum atomic E-state index is 2.99. The molecule has 62 valence electrons. The number of hydrogen-bond donors (Lipinski definition) is 0. The standard InChI is InChI=1S/C5H5.CH3.Hf.3HI/c1-2-4-5-3-1;;;;;/h1-3H,4H2;1H3;;3*1H/q2*-1;;;;. The monoisotopic (exact) mass is 644 g/mol. The van der Waals surface area contributed by atoms with E-state index in [1.165, 1.54) is 0 Å². The molecule has 0 bridgehead atoms. The molecular formula is C6H11HfI3-2. The van der Waals surface area contributed by atoms with Crippen molar-refractivity contribution in [1.82, 2.24) is 0 Å². The molecule has 0 aliphatic heterocycles. The molecule has 1 aliphatic rings. The van der Waals surface area contributed by atoms with Crippen molar-refractivity contribution in [2.24, 2.45) is 0 Å². The molecule has 0 aromatic rings. The van der Waals surface area contributed by atoms with Crippen LogP contribution in [0.1, 0.15) is 6.42 Å². The van der Waals surface area contributed by atoms with Gasteiger partial charge in [0.2, 0.25) is 0 Å². The Bertz CT molecular complexity index is 71.1. The Morgan fingerprint density at radius 1 is 1.10 bits per heavy atom. The van der Waals surface area contributed by atoms with Gasteiger partial charge in [0.15, 0.2) is 0 Å². The van der Waals surface area contributed by atoms with Crippen LogP contribution < -0.4 is 0 Å². The summed E-state index contributed by atoms with van der Waals surface area (Å²) < 4.78 is 0. The van der Waals surface area contributed by atoms with E-state index in [9.17, 15) is 0 Å². The Kier molecular flexibility index (Phi) is 66.2. The molecule has 1 rings (SSSR count). The van der Waals surface area contributed by atoms with Crippen molar-refractivity contribution in [3.05, 3.63) is 31.7 Å². The number of allylic oxidation sites excluding steroid dienone is 4. The number of rotatable bonds is 0. The Balaban J connectivity index is -0.0000000167. The van der Waals surface area contributed by atoms with Crippen LogP contribution in [-0.2, 0) is 25.8 Å². The molecule has 1 aliphatic carbocycles. The summed E-state index contributed by atoms with van der Waals surface area (Å²) in [6.45, 7) is 0. The minimum absolute atomic E-state index is 0. The van der Waals surface area contributed by atoms with Gasteiger partial charge in [-0.25, -0.2) is 12.2 Å². The van der Waals surface area contributed by atoms with E-state index in [0.717, 1.165) is 6.42 Å². The van der Waals surface area contributed by atoms with Crippen LogP contribution >= 0.6 is 71.9 Å². The third kappa shape index (κ3) is 16.9. The fraction of sp³-hybridized carbons (Fsp3) is 0.167. The maximum absolute atomic E-state index is 2.99. The van der Waals surface area contributed by atoms with Crippen LogP contribution in [0.25, 0.3) is 0 Å². The SMILES string of the molecule is I.I.I.[C-]1=CC=CC1.[CH3-].[Hf]. The van der Waals surface area contributed by atoms with E-state index in [4.69, 9.17) is 0 Å². The zero-order chi connectivity index (χ0) is 3.54. The van der Waals surface area contributed by atoms with Crippen LogP contribution in [0.5, 0.6) is 0 Å². The van der Waals surface area contributed by atoms with E-state index < -0.39 is 0 Å². The molecule has 0 amide bonds. The molecule has 0 fully saturated rings. The first-order chi connectivity index (χ1) is 2.50. The normalized spacial score (nSPS) is 8.80. The molecule has 0 atom stereocenters. The Morgan fingerprint density at radius 3 is 1.70 bits per heavy atom. The third-order valence-corrected chi connectivity index (χ3v) is 0.586. The largest absolute Gasteiger partial charge is 0.358 e. The summed E-state index contributed by atoms with van der Waals surface area (Å²) in [5.41, 5.74) is 0. The summed E-state index contributed by atoms with van der Waals surface area (Å²) in [4.78, 5) is 0. The Labute approximate surface area is 134 Å². The summed E-state index contributed by atoms with van der Waals surface area (Å²) in [5.74, 6) is 0. The summed E-state index contributed by atoms with van der Waals surface area (Å²) in [6, 6.07) is 0. The molecule has 0 N–H and O–H groups in total. The quantitative estimate of drug-likeness (QED) is 0.216. The van der Waals surface area contributed by atoms with Crippen molar-refractivity contribution in [3.63, 3.8) is 0 Å². The Morgan fingerprint density at radius 2 is 1.60 bits per heavy atom. The second kappa shape index (κ2) is 22.5. The van der Waals surface area contributed by atoms with Gasteiger partial charge in [0, 0.05) is 25.8 Å². The van der Waals surface area contributed by atoms with Crippen LogP contribution in [0.2, 0.25) is 0 Å². The predicted octanol–water partition coefficient (Wildman–Crippen LogP) is 3.61. The van der Waals surface area contributed by atoms with Crippen LogP contribution in [0, 0.1) is 13.5 Å². The van der Waals surface area contributed by atoms with Crippen molar-refractivity contribution in [1.29, 1.82) is 0 Å². The van der Waals surface area contributed by atoms with Gasteiger partial charge in [-0.15, -0.1) is 78.4 Å². The molecular weight excluding hydrogens is 631 g/mol.